The van der Waals surface area contributed by atoms with E-state index in [0.717, 1.165) is 0 Å². The Labute approximate surface area is 154 Å². The largest absolute Gasteiger partial charge is 0.479 e. The van der Waals surface area contributed by atoms with Crippen LogP contribution in [0.15, 0.2) is 36.5 Å². The molecule has 12 heteroatoms. The Kier molecular flexibility index (Phi) is 14.9. The molecule has 0 radical (unpaired) electrons. The van der Waals surface area contributed by atoms with Gasteiger partial charge in [-0.2, -0.15) is 0 Å². The summed E-state index contributed by atoms with van der Waals surface area (Å²) in [6.07, 6.45) is 0. The predicted octanol–water partition coefficient (Wildman–Crippen LogP) is 0.930. The van der Waals surface area contributed by atoms with Crippen molar-refractivity contribution < 1.29 is 45.0 Å². The second-order valence-corrected chi connectivity index (χ2v) is 4.49. The summed E-state index contributed by atoms with van der Waals surface area (Å²) in [6.45, 7) is 13.8. The fourth-order valence-electron chi connectivity index (χ4n) is 0.343. The second-order valence-electron chi connectivity index (χ2n) is 4.49. The molecule has 1 aromatic heterocycles. The monoisotopic (exact) mass is 387 g/mol. The van der Waals surface area contributed by atoms with E-state index in [9.17, 15) is 14.4 Å². The smallest absolute Gasteiger partial charge is 0.330 e. The van der Waals surface area contributed by atoms with E-state index in [1.165, 1.54) is 20.8 Å². The Morgan fingerprint density at radius 3 is 0.778 bits per heavy atom. The molecule has 0 fully saturated rings. The molecule has 1 heterocycles. The van der Waals surface area contributed by atoms with E-state index in [1.54, 1.807) is 0 Å². The first-order valence-electron chi connectivity index (χ1n) is 6.61. The molecule has 0 amide bonds. The first-order valence-corrected chi connectivity index (χ1v) is 6.61. The van der Waals surface area contributed by atoms with Crippen molar-refractivity contribution in [1.29, 1.82) is 0 Å². The number of carbonyl (C=O) groups is 3. The van der Waals surface area contributed by atoms with Crippen LogP contribution in [0.5, 0.6) is 18.0 Å². The SMILES string of the molecule is C=C(C)C(=O)O.C=C(C)C(=O)O.C=C(C)C(=O)O.Oc1nc(O)nc(O)n1. The topological polar surface area (TPSA) is 211 Å². The van der Waals surface area contributed by atoms with Gasteiger partial charge in [-0.25, -0.2) is 14.4 Å². The highest BCUT2D eigenvalue weighted by molar-refractivity contribution is 5.85. The molecular weight excluding hydrogens is 366 g/mol. The van der Waals surface area contributed by atoms with Crippen molar-refractivity contribution in [3.05, 3.63) is 36.5 Å². The molecule has 150 valence electrons. The lowest BCUT2D eigenvalue weighted by Gasteiger charge is -1.90. The van der Waals surface area contributed by atoms with Gasteiger partial charge in [0.2, 0.25) is 0 Å². The van der Waals surface area contributed by atoms with Crippen LogP contribution in [0.2, 0.25) is 0 Å². The predicted molar refractivity (Wildman–Crippen MR) is 92.2 cm³/mol. The van der Waals surface area contributed by atoms with Crippen molar-refractivity contribution in [3.8, 4) is 18.0 Å². The van der Waals surface area contributed by atoms with Crippen molar-refractivity contribution in [1.82, 2.24) is 15.0 Å². The molecule has 0 aliphatic rings. The highest BCUT2D eigenvalue weighted by atomic mass is 16.4. The zero-order valence-electron chi connectivity index (χ0n) is 14.9. The van der Waals surface area contributed by atoms with Gasteiger partial charge in [0.15, 0.2) is 0 Å². The molecule has 1 aromatic rings. The van der Waals surface area contributed by atoms with Crippen LogP contribution >= 0.6 is 0 Å². The number of carboxylic acids is 3. The summed E-state index contributed by atoms with van der Waals surface area (Å²) in [5, 5.41) is 48.9. The lowest BCUT2D eigenvalue weighted by atomic mass is 10.4. The molecular formula is C15H21N3O9. The van der Waals surface area contributed by atoms with E-state index in [-0.39, 0.29) is 16.7 Å². The summed E-state index contributed by atoms with van der Waals surface area (Å²) in [4.78, 5) is 37.7. The van der Waals surface area contributed by atoms with Gasteiger partial charge in [0.25, 0.3) is 0 Å². The van der Waals surface area contributed by atoms with Gasteiger partial charge >= 0.3 is 35.9 Å². The Balaban J connectivity index is -0.000000291. The second kappa shape index (κ2) is 14.4. The van der Waals surface area contributed by atoms with Gasteiger partial charge in [-0.15, -0.1) is 15.0 Å². The molecule has 0 spiro atoms. The lowest BCUT2D eigenvalue weighted by molar-refractivity contribution is -0.133. The highest BCUT2D eigenvalue weighted by Gasteiger charge is 1.99. The quantitative estimate of drug-likeness (QED) is 0.400. The number of hydrogen-bond donors (Lipinski definition) is 6. The first kappa shape index (κ1) is 27.9. The van der Waals surface area contributed by atoms with Gasteiger partial charge in [0.05, 0.1) is 0 Å². The van der Waals surface area contributed by atoms with E-state index in [0.29, 0.717) is 0 Å². The number of rotatable bonds is 3. The minimum atomic E-state index is -0.935. The van der Waals surface area contributed by atoms with Gasteiger partial charge in [-0.05, 0) is 20.8 Å². The molecule has 0 aliphatic carbocycles. The third-order valence-electron chi connectivity index (χ3n) is 1.70. The van der Waals surface area contributed by atoms with Crippen LogP contribution in [0.25, 0.3) is 0 Å². The maximum atomic E-state index is 9.60. The number of aliphatic carboxylic acids is 3. The van der Waals surface area contributed by atoms with E-state index in [1.807, 2.05) is 0 Å². The minimum Gasteiger partial charge on any atom is -0.479 e. The normalized spacial score (nSPS) is 8.11. The average molecular weight is 387 g/mol. The number of hydrogen-bond acceptors (Lipinski definition) is 9. The molecule has 0 aromatic carbocycles. The molecule has 0 aliphatic heterocycles. The van der Waals surface area contributed by atoms with Crippen LogP contribution in [-0.2, 0) is 14.4 Å². The van der Waals surface area contributed by atoms with Crippen molar-refractivity contribution in [2.24, 2.45) is 0 Å². The lowest BCUT2D eigenvalue weighted by Crippen LogP contribution is -1.92. The molecule has 6 N–H and O–H groups in total. The Bertz CT molecular complexity index is 571. The van der Waals surface area contributed by atoms with Crippen LogP contribution in [0.3, 0.4) is 0 Å². The number of aromatic hydroxyl groups is 3. The maximum Gasteiger partial charge on any atom is 0.330 e. The summed E-state index contributed by atoms with van der Waals surface area (Å²) in [5.41, 5.74) is 0.528. The van der Waals surface area contributed by atoms with Crippen LogP contribution in [0.4, 0.5) is 0 Å². The van der Waals surface area contributed by atoms with Gasteiger partial charge in [-0.3, -0.25) is 0 Å². The molecule has 0 saturated heterocycles. The summed E-state index contributed by atoms with van der Waals surface area (Å²) < 4.78 is 0. The van der Waals surface area contributed by atoms with E-state index in [2.05, 4.69) is 34.7 Å². The summed E-state index contributed by atoms with van der Waals surface area (Å²) in [5.74, 6) is -2.81. The fourth-order valence-corrected chi connectivity index (χ4v) is 0.343. The van der Waals surface area contributed by atoms with Crippen LogP contribution < -0.4 is 0 Å². The van der Waals surface area contributed by atoms with Crippen molar-refractivity contribution in [2.45, 2.75) is 20.8 Å². The molecule has 27 heavy (non-hydrogen) atoms. The van der Waals surface area contributed by atoms with Gasteiger partial charge in [0, 0.05) is 16.7 Å². The number of carboxylic acid groups (broad SMARTS) is 3. The molecule has 0 unspecified atom stereocenters. The van der Waals surface area contributed by atoms with Crippen molar-refractivity contribution in [2.75, 3.05) is 0 Å². The van der Waals surface area contributed by atoms with E-state index >= 15 is 0 Å². The molecule has 1 rings (SSSR count). The van der Waals surface area contributed by atoms with Gasteiger partial charge in [0.1, 0.15) is 0 Å². The standard InChI is InChI=1S/3C4H6O2.C3H3N3O3/c3*1-3(2)4(5)6;7-1-4-2(8)6-3(9)5-1/h3*1H2,2H3,(H,5,6);(H3,4,5,6,7,8,9). The zero-order chi connectivity index (χ0) is 22.3. The van der Waals surface area contributed by atoms with E-state index in [4.69, 9.17) is 30.6 Å². The maximum absolute atomic E-state index is 9.60. The Morgan fingerprint density at radius 2 is 0.704 bits per heavy atom. The summed E-state index contributed by atoms with van der Waals surface area (Å²) in [6, 6.07) is -2.12. The average Bonchev–Trinajstić information content (AvgIpc) is 2.47. The summed E-state index contributed by atoms with van der Waals surface area (Å²) >= 11 is 0. The highest BCUT2D eigenvalue weighted by Crippen LogP contribution is 2.08. The molecule has 12 nitrogen and oxygen atoms in total. The molecule has 0 saturated carbocycles. The zero-order valence-corrected chi connectivity index (χ0v) is 14.9. The third kappa shape index (κ3) is 22.0. The first-order chi connectivity index (χ1) is 12.1. The van der Waals surface area contributed by atoms with Crippen molar-refractivity contribution in [3.63, 3.8) is 0 Å². The third-order valence-corrected chi connectivity index (χ3v) is 1.70. The number of aromatic nitrogens is 3. The minimum absolute atomic E-state index is 0.176. The Morgan fingerprint density at radius 1 is 0.593 bits per heavy atom. The molecule has 0 atom stereocenters. The van der Waals surface area contributed by atoms with Crippen LogP contribution in [0, 0.1) is 0 Å². The van der Waals surface area contributed by atoms with Crippen LogP contribution in [-0.4, -0.2) is 63.5 Å². The molecule has 0 bridgehead atoms. The van der Waals surface area contributed by atoms with Gasteiger partial charge < -0.3 is 30.6 Å². The summed E-state index contributed by atoms with van der Waals surface area (Å²) in [7, 11) is 0. The number of nitrogens with zero attached hydrogens (tertiary/aromatic N) is 3. The van der Waals surface area contributed by atoms with Crippen molar-refractivity contribution >= 4 is 17.9 Å². The fraction of sp³-hybridized carbons (Fsp3) is 0.200. The van der Waals surface area contributed by atoms with E-state index < -0.39 is 35.9 Å². The Hall–Kier alpha value is -3.96. The van der Waals surface area contributed by atoms with Gasteiger partial charge in [-0.1, -0.05) is 19.7 Å². The van der Waals surface area contributed by atoms with Crippen LogP contribution in [0.1, 0.15) is 20.8 Å².